The van der Waals surface area contributed by atoms with E-state index >= 15 is 0 Å². The number of aromatic nitrogens is 3. The van der Waals surface area contributed by atoms with Crippen LogP contribution < -0.4 is 0 Å². The highest BCUT2D eigenvalue weighted by molar-refractivity contribution is 5.09. The second kappa shape index (κ2) is 6.66. The van der Waals surface area contributed by atoms with Crippen molar-refractivity contribution in [3.63, 3.8) is 0 Å². The Bertz CT molecular complexity index is 486. The first-order valence-electron chi connectivity index (χ1n) is 7.49. The van der Waals surface area contributed by atoms with E-state index in [-0.39, 0.29) is 0 Å². The van der Waals surface area contributed by atoms with Crippen LogP contribution in [0.1, 0.15) is 24.8 Å². The summed E-state index contributed by atoms with van der Waals surface area (Å²) in [6, 6.07) is 6.23. The number of likely N-dealkylation sites (tertiary alicyclic amines) is 1. The lowest BCUT2D eigenvalue weighted by Gasteiger charge is -2.32. The van der Waals surface area contributed by atoms with Gasteiger partial charge in [0, 0.05) is 37.9 Å². The van der Waals surface area contributed by atoms with Crippen molar-refractivity contribution in [2.75, 3.05) is 13.1 Å². The number of rotatable bonds is 5. The first-order chi connectivity index (χ1) is 9.90. The Kier molecular flexibility index (Phi) is 4.43. The fraction of sp³-hybridized carbons (Fsp3) is 0.500. The number of aryl methyl sites for hydroxylation is 1. The van der Waals surface area contributed by atoms with E-state index in [1.165, 1.54) is 37.9 Å². The highest BCUT2D eigenvalue weighted by Gasteiger charge is 2.19. The van der Waals surface area contributed by atoms with Crippen LogP contribution in [0.2, 0.25) is 0 Å². The standard InChI is InChI=1S/C16H22N4/c1-7-18-20(10-1)13-6-15-4-11-19(12-5-15)14-16-2-8-17-9-3-16/h1-3,7-10,15H,4-6,11-14H2. The molecule has 0 spiro atoms. The second-order valence-electron chi connectivity index (χ2n) is 5.63. The van der Waals surface area contributed by atoms with Crippen LogP contribution in [-0.4, -0.2) is 32.8 Å². The van der Waals surface area contributed by atoms with E-state index in [0.29, 0.717) is 0 Å². The largest absolute Gasteiger partial charge is 0.299 e. The van der Waals surface area contributed by atoms with Crippen LogP contribution >= 0.6 is 0 Å². The van der Waals surface area contributed by atoms with Gasteiger partial charge in [-0.2, -0.15) is 5.10 Å². The normalized spacial score (nSPS) is 17.4. The molecule has 20 heavy (non-hydrogen) atoms. The first kappa shape index (κ1) is 13.3. The molecule has 3 heterocycles. The molecule has 3 rings (SSSR count). The molecule has 1 aliphatic heterocycles. The Morgan fingerprint density at radius 1 is 1.10 bits per heavy atom. The molecule has 2 aromatic heterocycles. The van der Waals surface area contributed by atoms with Gasteiger partial charge in [0.1, 0.15) is 0 Å². The van der Waals surface area contributed by atoms with Crippen molar-refractivity contribution in [2.45, 2.75) is 32.4 Å². The molecule has 0 bridgehead atoms. The minimum Gasteiger partial charge on any atom is -0.299 e. The molecule has 4 heteroatoms. The molecule has 4 nitrogen and oxygen atoms in total. The number of nitrogens with zero attached hydrogens (tertiary/aromatic N) is 4. The molecule has 0 atom stereocenters. The summed E-state index contributed by atoms with van der Waals surface area (Å²) in [6.07, 6.45) is 11.6. The molecule has 0 aliphatic carbocycles. The molecule has 0 radical (unpaired) electrons. The van der Waals surface area contributed by atoms with Gasteiger partial charge in [-0.25, -0.2) is 0 Å². The van der Waals surface area contributed by atoms with Crippen LogP contribution in [-0.2, 0) is 13.1 Å². The maximum absolute atomic E-state index is 4.27. The van der Waals surface area contributed by atoms with E-state index in [4.69, 9.17) is 0 Å². The molecule has 1 saturated heterocycles. The zero-order valence-corrected chi connectivity index (χ0v) is 11.9. The molecule has 1 fully saturated rings. The van der Waals surface area contributed by atoms with Crippen molar-refractivity contribution < 1.29 is 0 Å². The maximum atomic E-state index is 4.27. The summed E-state index contributed by atoms with van der Waals surface area (Å²) >= 11 is 0. The quantitative estimate of drug-likeness (QED) is 0.837. The van der Waals surface area contributed by atoms with Crippen LogP contribution in [0.15, 0.2) is 43.0 Å². The van der Waals surface area contributed by atoms with Crippen LogP contribution in [0.3, 0.4) is 0 Å². The van der Waals surface area contributed by atoms with Crippen LogP contribution in [0.5, 0.6) is 0 Å². The SMILES string of the molecule is c1cnn(CCC2CCN(Cc3ccncc3)CC2)c1. The van der Waals surface area contributed by atoms with Gasteiger partial charge in [-0.1, -0.05) is 0 Å². The van der Waals surface area contributed by atoms with Gasteiger partial charge in [0.2, 0.25) is 0 Å². The van der Waals surface area contributed by atoms with Gasteiger partial charge < -0.3 is 0 Å². The van der Waals surface area contributed by atoms with Gasteiger partial charge in [0.25, 0.3) is 0 Å². The minimum atomic E-state index is 0.855. The highest BCUT2D eigenvalue weighted by Crippen LogP contribution is 2.22. The Morgan fingerprint density at radius 2 is 1.90 bits per heavy atom. The Balaban J connectivity index is 1.40. The molecule has 1 aliphatic rings. The second-order valence-corrected chi connectivity index (χ2v) is 5.63. The average molecular weight is 270 g/mol. The summed E-state index contributed by atoms with van der Waals surface area (Å²) in [5.41, 5.74) is 1.37. The van der Waals surface area contributed by atoms with Crippen LogP contribution in [0.25, 0.3) is 0 Å². The van der Waals surface area contributed by atoms with E-state index in [9.17, 15) is 0 Å². The molecule has 106 valence electrons. The van der Waals surface area contributed by atoms with Crippen molar-refractivity contribution in [1.29, 1.82) is 0 Å². The lowest BCUT2D eigenvalue weighted by Crippen LogP contribution is -2.33. The Morgan fingerprint density at radius 3 is 2.60 bits per heavy atom. The van der Waals surface area contributed by atoms with Gasteiger partial charge in [-0.15, -0.1) is 0 Å². The third kappa shape index (κ3) is 3.67. The monoisotopic (exact) mass is 270 g/mol. The van der Waals surface area contributed by atoms with Crippen molar-refractivity contribution >= 4 is 0 Å². The summed E-state index contributed by atoms with van der Waals surface area (Å²) in [5.74, 6) is 0.855. The Labute approximate surface area is 120 Å². The molecule has 0 amide bonds. The van der Waals surface area contributed by atoms with E-state index in [2.05, 4.69) is 33.3 Å². The van der Waals surface area contributed by atoms with Gasteiger partial charge in [-0.05, 0) is 62.0 Å². The lowest BCUT2D eigenvalue weighted by molar-refractivity contribution is 0.168. The third-order valence-electron chi connectivity index (χ3n) is 4.19. The molecule has 0 saturated carbocycles. The maximum Gasteiger partial charge on any atom is 0.0489 e. The summed E-state index contributed by atoms with van der Waals surface area (Å²) in [4.78, 5) is 6.63. The first-order valence-corrected chi connectivity index (χ1v) is 7.49. The van der Waals surface area contributed by atoms with E-state index in [1.54, 1.807) is 0 Å². The minimum absolute atomic E-state index is 0.855. The summed E-state index contributed by atoms with van der Waals surface area (Å²) in [7, 11) is 0. The highest BCUT2D eigenvalue weighted by atomic mass is 15.3. The Hall–Kier alpha value is -1.68. The van der Waals surface area contributed by atoms with Crippen molar-refractivity contribution in [3.05, 3.63) is 48.5 Å². The predicted octanol–water partition coefficient (Wildman–Crippen LogP) is 2.58. The van der Waals surface area contributed by atoms with Crippen molar-refractivity contribution in [1.82, 2.24) is 19.7 Å². The van der Waals surface area contributed by atoms with Gasteiger partial charge in [0.15, 0.2) is 0 Å². The fourth-order valence-corrected chi connectivity index (χ4v) is 2.93. The molecule has 0 unspecified atom stereocenters. The zero-order chi connectivity index (χ0) is 13.6. The molecule has 0 N–H and O–H groups in total. The average Bonchev–Trinajstić information content (AvgIpc) is 3.01. The smallest absolute Gasteiger partial charge is 0.0489 e. The molecular formula is C16H22N4. The molecule has 0 aromatic carbocycles. The van der Waals surface area contributed by atoms with Gasteiger partial charge in [-0.3, -0.25) is 14.6 Å². The van der Waals surface area contributed by atoms with E-state index < -0.39 is 0 Å². The molecular weight excluding hydrogens is 248 g/mol. The number of piperidine rings is 1. The topological polar surface area (TPSA) is 34.0 Å². The summed E-state index contributed by atoms with van der Waals surface area (Å²) < 4.78 is 2.04. The fourth-order valence-electron chi connectivity index (χ4n) is 2.93. The lowest BCUT2D eigenvalue weighted by atomic mass is 9.93. The zero-order valence-electron chi connectivity index (χ0n) is 11.9. The van der Waals surface area contributed by atoms with Crippen LogP contribution in [0, 0.1) is 5.92 Å². The number of pyridine rings is 1. The van der Waals surface area contributed by atoms with Crippen LogP contribution in [0.4, 0.5) is 0 Å². The van der Waals surface area contributed by atoms with Gasteiger partial charge in [0.05, 0.1) is 0 Å². The number of hydrogen-bond acceptors (Lipinski definition) is 3. The van der Waals surface area contributed by atoms with E-state index in [1.807, 2.05) is 29.3 Å². The number of hydrogen-bond donors (Lipinski definition) is 0. The van der Waals surface area contributed by atoms with Crippen molar-refractivity contribution in [3.8, 4) is 0 Å². The summed E-state index contributed by atoms with van der Waals surface area (Å²) in [6.45, 7) is 4.55. The summed E-state index contributed by atoms with van der Waals surface area (Å²) in [5, 5.41) is 4.27. The third-order valence-corrected chi connectivity index (χ3v) is 4.19. The van der Waals surface area contributed by atoms with Crippen molar-refractivity contribution in [2.24, 2.45) is 5.92 Å². The van der Waals surface area contributed by atoms with Gasteiger partial charge >= 0.3 is 0 Å². The van der Waals surface area contributed by atoms with E-state index in [0.717, 1.165) is 19.0 Å². The predicted molar refractivity (Wildman–Crippen MR) is 79.1 cm³/mol. The molecule has 2 aromatic rings.